The molecule has 0 saturated carbocycles. The van der Waals surface area contributed by atoms with Crippen molar-refractivity contribution < 1.29 is 14.4 Å². The first-order chi connectivity index (χ1) is 9.83. The highest BCUT2D eigenvalue weighted by Gasteiger charge is 2.22. The molecule has 0 atom stereocenters. The molecule has 0 aliphatic heterocycles. The van der Waals surface area contributed by atoms with Gasteiger partial charge in [0.05, 0.1) is 5.92 Å². The van der Waals surface area contributed by atoms with Crippen molar-refractivity contribution in [3.8, 4) is 0 Å². The van der Waals surface area contributed by atoms with Crippen LogP contribution in [0.3, 0.4) is 0 Å². The molecule has 0 fully saturated rings. The van der Waals surface area contributed by atoms with E-state index < -0.39 is 5.92 Å². The third kappa shape index (κ3) is 3.66. The van der Waals surface area contributed by atoms with E-state index in [0.29, 0.717) is 0 Å². The molecule has 2 aromatic rings. The predicted molar refractivity (Wildman–Crippen MR) is 75.8 cm³/mol. The van der Waals surface area contributed by atoms with Gasteiger partial charge in [0.2, 0.25) is 0 Å². The maximum atomic E-state index is 12.3. The number of carbonyl (C=O) groups is 1. The summed E-state index contributed by atoms with van der Waals surface area (Å²) in [7, 11) is 1.50. The average Bonchev–Trinajstić information content (AvgIpc) is 2.50. The van der Waals surface area contributed by atoms with Crippen LogP contribution in [0.4, 0.5) is 0 Å². The van der Waals surface area contributed by atoms with Crippen LogP contribution in [0.5, 0.6) is 0 Å². The minimum atomic E-state index is -0.408. The van der Waals surface area contributed by atoms with Crippen LogP contribution in [0.15, 0.2) is 60.7 Å². The molecule has 1 amide bonds. The van der Waals surface area contributed by atoms with Gasteiger partial charge in [-0.1, -0.05) is 60.7 Å². The van der Waals surface area contributed by atoms with Gasteiger partial charge in [-0.3, -0.25) is 4.79 Å². The van der Waals surface area contributed by atoms with Crippen molar-refractivity contribution in [3.05, 3.63) is 71.8 Å². The normalized spacial score (nSPS) is 10.5. The van der Waals surface area contributed by atoms with Gasteiger partial charge < -0.3 is 4.74 Å². The third-order valence-electron chi connectivity index (χ3n) is 2.88. The van der Waals surface area contributed by atoms with Gasteiger partial charge in [0, 0.05) is 7.11 Å². The maximum absolute atomic E-state index is 12.3. The number of ether oxygens (including phenoxy) is 1. The summed E-state index contributed by atoms with van der Waals surface area (Å²) in [4.78, 5) is 17.3. The van der Waals surface area contributed by atoms with Crippen molar-refractivity contribution in [3.63, 3.8) is 0 Å². The van der Waals surface area contributed by atoms with Crippen LogP contribution in [-0.2, 0) is 14.4 Å². The molecule has 0 saturated heterocycles. The fourth-order valence-electron chi connectivity index (χ4n) is 2.00. The van der Waals surface area contributed by atoms with Crippen LogP contribution in [0.1, 0.15) is 17.0 Å². The van der Waals surface area contributed by atoms with E-state index in [1.54, 1.807) is 0 Å². The van der Waals surface area contributed by atoms with Crippen molar-refractivity contribution in [2.45, 2.75) is 5.92 Å². The molecule has 0 heterocycles. The van der Waals surface area contributed by atoms with Crippen LogP contribution in [0, 0.1) is 0 Å². The standard InChI is InChI=1S/C16H17NO3/c1-19-12-20-17-16(18)15(13-8-4-2-5-9-13)14-10-6-3-7-11-14/h2-11,15H,12H2,1H3,(H,17,18). The smallest absolute Gasteiger partial charge is 0.255 e. The Bertz CT molecular complexity index is 488. The molecule has 20 heavy (non-hydrogen) atoms. The number of hydroxylamine groups is 1. The number of nitrogens with one attached hydrogen (secondary N) is 1. The van der Waals surface area contributed by atoms with Gasteiger partial charge in [-0.2, -0.15) is 0 Å². The molecule has 4 nitrogen and oxygen atoms in total. The van der Waals surface area contributed by atoms with E-state index >= 15 is 0 Å². The Morgan fingerprint density at radius 2 is 1.50 bits per heavy atom. The van der Waals surface area contributed by atoms with Gasteiger partial charge in [-0.25, -0.2) is 10.3 Å². The van der Waals surface area contributed by atoms with Gasteiger partial charge in [-0.15, -0.1) is 0 Å². The lowest BCUT2D eigenvalue weighted by Crippen LogP contribution is -2.30. The Labute approximate surface area is 118 Å². The molecule has 0 aromatic heterocycles. The summed E-state index contributed by atoms with van der Waals surface area (Å²) in [6.07, 6.45) is 0. The van der Waals surface area contributed by atoms with Crippen LogP contribution in [-0.4, -0.2) is 19.8 Å². The van der Waals surface area contributed by atoms with E-state index in [1.165, 1.54) is 7.11 Å². The lowest BCUT2D eigenvalue weighted by Gasteiger charge is -2.17. The highest BCUT2D eigenvalue weighted by atomic mass is 16.8. The van der Waals surface area contributed by atoms with Crippen molar-refractivity contribution in [2.24, 2.45) is 0 Å². The van der Waals surface area contributed by atoms with Gasteiger partial charge in [0.25, 0.3) is 5.91 Å². The van der Waals surface area contributed by atoms with Gasteiger partial charge in [0.15, 0.2) is 6.79 Å². The second-order valence-corrected chi connectivity index (χ2v) is 4.27. The molecule has 0 unspecified atom stereocenters. The van der Waals surface area contributed by atoms with Crippen molar-refractivity contribution >= 4 is 5.91 Å². The average molecular weight is 271 g/mol. The van der Waals surface area contributed by atoms with Crippen LogP contribution in [0.2, 0.25) is 0 Å². The van der Waals surface area contributed by atoms with Crippen LogP contribution >= 0.6 is 0 Å². The zero-order valence-corrected chi connectivity index (χ0v) is 11.3. The predicted octanol–water partition coefficient (Wildman–Crippen LogP) is 2.47. The summed E-state index contributed by atoms with van der Waals surface area (Å²) in [6.45, 7) is 0.0159. The fourth-order valence-corrected chi connectivity index (χ4v) is 2.00. The second kappa shape index (κ2) is 7.43. The Hall–Kier alpha value is -2.17. The highest BCUT2D eigenvalue weighted by Crippen LogP contribution is 2.24. The minimum absolute atomic E-state index is 0.0159. The Balaban J connectivity index is 2.23. The third-order valence-corrected chi connectivity index (χ3v) is 2.88. The zero-order chi connectivity index (χ0) is 14.2. The summed E-state index contributed by atoms with van der Waals surface area (Å²) < 4.78 is 4.75. The molecule has 0 radical (unpaired) electrons. The first kappa shape index (κ1) is 14.2. The van der Waals surface area contributed by atoms with Crippen molar-refractivity contribution in [2.75, 3.05) is 13.9 Å². The molecule has 4 heteroatoms. The highest BCUT2D eigenvalue weighted by molar-refractivity contribution is 5.86. The quantitative estimate of drug-likeness (QED) is 0.499. The monoisotopic (exact) mass is 271 g/mol. The molecular weight excluding hydrogens is 254 g/mol. The maximum Gasteiger partial charge on any atom is 0.255 e. The molecule has 0 bridgehead atoms. The largest absolute Gasteiger partial charge is 0.356 e. The fraction of sp³-hybridized carbons (Fsp3) is 0.188. The molecule has 2 rings (SSSR count). The SMILES string of the molecule is COCONC(=O)C(c1ccccc1)c1ccccc1. The topological polar surface area (TPSA) is 47.6 Å². The Kier molecular flexibility index (Phi) is 5.29. The van der Waals surface area contributed by atoms with E-state index in [4.69, 9.17) is 9.57 Å². The van der Waals surface area contributed by atoms with Crippen molar-refractivity contribution in [1.82, 2.24) is 5.48 Å². The Morgan fingerprint density at radius 3 is 1.95 bits per heavy atom. The first-order valence-corrected chi connectivity index (χ1v) is 6.33. The molecular formula is C16H17NO3. The van der Waals surface area contributed by atoms with E-state index in [1.807, 2.05) is 60.7 Å². The molecule has 0 spiro atoms. The first-order valence-electron chi connectivity index (χ1n) is 6.33. The lowest BCUT2D eigenvalue weighted by molar-refractivity contribution is -0.145. The molecule has 104 valence electrons. The zero-order valence-electron chi connectivity index (χ0n) is 11.3. The van der Waals surface area contributed by atoms with Crippen LogP contribution in [0.25, 0.3) is 0 Å². The number of rotatable bonds is 6. The number of hydrogen-bond acceptors (Lipinski definition) is 3. The van der Waals surface area contributed by atoms with E-state index in [-0.39, 0.29) is 12.7 Å². The van der Waals surface area contributed by atoms with Crippen molar-refractivity contribution in [1.29, 1.82) is 0 Å². The van der Waals surface area contributed by atoms with Gasteiger partial charge in [-0.05, 0) is 11.1 Å². The van der Waals surface area contributed by atoms with E-state index in [9.17, 15) is 4.79 Å². The Morgan fingerprint density at radius 1 is 1.00 bits per heavy atom. The van der Waals surface area contributed by atoms with E-state index in [2.05, 4.69) is 5.48 Å². The number of hydrogen-bond donors (Lipinski definition) is 1. The molecule has 0 aliphatic carbocycles. The molecule has 0 aliphatic rings. The van der Waals surface area contributed by atoms with Gasteiger partial charge >= 0.3 is 0 Å². The minimum Gasteiger partial charge on any atom is -0.356 e. The summed E-state index contributed by atoms with van der Waals surface area (Å²) in [5.41, 5.74) is 4.24. The second-order valence-electron chi connectivity index (χ2n) is 4.27. The molecule has 2 aromatic carbocycles. The van der Waals surface area contributed by atoms with Crippen LogP contribution < -0.4 is 5.48 Å². The number of carbonyl (C=O) groups excluding carboxylic acids is 1. The summed E-state index contributed by atoms with van der Waals surface area (Å²) in [5, 5.41) is 0. The number of amides is 1. The number of methoxy groups -OCH3 is 1. The van der Waals surface area contributed by atoms with Gasteiger partial charge in [0.1, 0.15) is 0 Å². The number of benzene rings is 2. The summed E-state index contributed by atoms with van der Waals surface area (Å²) in [6, 6.07) is 19.2. The molecule has 1 N–H and O–H groups in total. The lowest BCUT2D eigenvalue weighted by atomic mass is 9.91. The summed E-state index contributed by atoms with van der Waals surface area (Å²) in [5.74, 6) is -0.631. The van der Waals surface area contributed by atoms with E-state index in [0.717, 1.165) is 11.1 Å². The summed E-state index contributed by atoms with van der Waals surface area (Å²) >= 11 is 0.